The van der Waals surface area contributed by atoms with E-state index < -0.39 is 0 Å². The lowest BCUT2D eigenvalue weighted by Crippen LogP contribution is -3.00. The third kappa shape index (κ3) is 8.74. The summed E-state index contributed by atoms with van der Waals surface area (Å²) in [6, 6.07) is 0. The van der Waals surface area contributed by atoms with E-state index in [0.717, 1.165) is 10.9 Å². The van der Waals surface area contributed by atoms with E-state index in [0.29, 0.717) is 0 Å². The summed E-state index contributed by atoms with van der Waals surface area (Å²) in [6.45, 7) is 6.89. The zero-order valence-electron chi connectivity index (χ0n) is 8.03. The van der Waals surface area contributed by atoms with Crippen molar-refractivity contribution in [1.29, 1.82) is 0 Å². The topological polar surface area (TPSA) is 0 Å². The van der Waals surface area contributed by atoms with Crippen molar-refractivity contribution in [2.45, 2.75) is 40.0 Å². The summed E-state index contributed by atoms with van der Waals surface area (Å²) in [6.07, 6.45) is 4.13. The van der Waals surface area contributed by atoms with Crippen LogP contribution in [0.2, 0.25) is 0 Å². The minimum atomic E-state index is 0. The molecule has 70 valence electrons. The van der Waals surface area contributed by atoms with Crippen LogP contribution in [-0.4, -0.2) is 17.3 Å². The first-order valence-corrected chi connectivity index (χ1v) is 6.22. The van der Waals surface area contributed by atoms with Crippen molar-refractivity contribution in [3.05, 3.63) is 0 Å². The van der Waals surface area contributed by atoms with Crippen molar-refractivity contribution in [1.82, 2.24) is 0 Å². The second-order valence-corrected chi connectivity index (χ2v) is 5.17. The van der Waals surface area contributed by atoms with Gasteiger partial charge in [-0.2, -0.15) is 0 Å². The van der Waals surface area contributed by atoms with E-state index in [-0.39, 0.29) is 17.0 Å². The van der Waals surface area contributed by atoms with Gasteiger partial charge in [0.25, 0.3) is 0 Å². The Morgan fingerprint density at radius 1 is 0.727 bits per heavy atom. The van der Waals surface area contributed by atoms with E-state index in [2.05, 4.69) is 20.8 Å². The molecule has 11 heavy (non-hydrogen) atoms. The van der Waals surface area contributed by atoms with Crippen LogP contribution in [-0.2, 0) is 10.9 Å². The maximum absolute atomic E-state index is 2.30. The molecule has 0 aliphatic carbocycles. The second-order valence-electron chi connectivity index (χ2n) is 2.72. The largest absolute Gasteiger partial charge is 1.00 e. The van der Waals surface area contributed by atoms with E-state index in [1.807, 2.05) is 0 Å². The monoisotopic (exact) mass is 240 g/mol. The van der Waals surface area contributed by atoms with Crippen LogP contribution in [0.1, 0.15) is 40.0 Å². The van der Waals surface area contributed by atoms with Crippen LogP contribution >= 0.6 is 0 Å². The van der Waals surface area contributed by atoms with Crippen molar-refractivity contribution in [3.63, 3.8) is 0 Å². The summed E-state index contributed by atoms with van der Waals surface area (Å²) >= 11 is 0. The summed E-state index contributed by atoms with van der Waals surface area (Å²) < 4.78 is 0. The van der Waals surface area contributed by atoms with Gasteiger partial charge < -0.3 is 17.0 Å². The highest BCUT2D eigenvalue weighted by Crippen LogP contribution is 2.03. The predicted molar refractivity (Wildman–Crippen MR) is 52.8 cm³/mol. The predicted octanol–water partition coefficient (Wildman–Crippen LogP) is -0.161. The molecule has 0 atom stereocenters. The molecule has 0 amide bonds. The molecule has 0 fully saturated rings. The molecule has 0 saturated heterocycles. The third-order valence-electron chi connectivity index (χ3n) is 1.48. The van der Waals surface area contributed by atoms with Gasteiger partial charge in [0.2, 0.25) is 0 Å². The van der Waals surface area contributed by atoms with Gasteiger partial charge in [-0.25, -0.2) is 0 Å². The Bertz CT molecular complexity index is 52.3. The Labute approximate surface area is 85.3 Å². The minimum Gasteiger partial charge on any atom is -1.00 e. The van der Waals surface area contributed by atoms with Crippen molar-refractivity contribution in [2.75, 3.05) is 17.3 Å². The Balaban J connectivity index is 0. The Morgan fingerprint density at radius 3 is 1.18 bits per heavy atom. The van der Waals surface area contributed by atoms with E-state index >= 15 is 0 Å². The van der Waals surface area contributed by atoms with Gasteiger partial charge in [0.1, 0.15) is 17.3 Å². The van der Waals surface area contributed by atoms with E-state index in [1.54, 1.807) is 0 Å². The fourth-order valence-electron chi connectivity index (χ4n) is 1.17. The van der Waals surface area contributed by atoms with Crippen LogP contribution < -0.4 is 17.0 Å². The first-order valence-electron chi connectivity index (χ1n) is 4.49. The van der Waals surface area contributed by atoms with Crippen LogP contribution in [0.3, 0.4) is 0 Å². The van der Waals surface area contributed by atoms with Crippen molar-refractivity contribution in [3.8, 4) is 0 Å². The standard InChI is InChI=1S/C9H21S.BrH/c1-4-7-10(8-5-2)9-6-3;/h4-9H2,1-3H3;1H/q+1;/p-1. The normalized spacial score (nSPS) is 9.82. The highest BCUT2D eigenvalue weighted by atomic mass is 79.9. The molecule has 0 aromatic heterocycles. The smallest absolute Gasteiger partial charge is 0.107 e. The van der Waals surface area contributed by atoms with Crippen molar-refractivity contribution >= 4 is 10.9 Å². The lowest BCUT2D eigenvalue weighted by atomic mass is 10.6. The van der Waals surface area contributed by atoms with Crippen LogP contribution in [0, 0.1) is 0 Å². The highest BCUT2D eigenvalue weighted by Gasteiger charge is 2.12. The number of hydrogen-bond donors (Lipinski definition) is 0. The summed E-state index contributed by atoms with van der Waals surface area (Å²) in [5.41, 5.74) is 0. The number of rotatable bonds is 6. The Morgan fingerprint density at radius 2 is 1.00 bits per heavy atom. The average molecular weight is 241 g/mol. The van der Waals surface area contributed by atoms with Gasteiger partial charge in [0.15, 0.2) is 0 Å². The van der Waals surface area contributed by atoms with Gasteiger partial charge in [-0.3, -0.25) is 0 Å². The van der Waals surface area contributed by atoms with E-state index in [1.165, 1.54) is 36.5 Å². The van der Waals surface area contributed by atoms with Crippen LogP contribution in [0.4, 0.5) is 0 Å². The lowest BCUT2D eigenvalue weighted by Gasteiger charge is -2.03. The minimum absolute atomic E-state index is 0. The van der Waals surface area contributed by atoms with Crippen molar-refractivity contribution < 1.29 is 17.0 Å². The molecule has 0 radical (unpaired) electrons. The summed E-state index contributed by atoms with van der Waals surface area (Å²) in [4.78, 5) is 0. The molecule has 0 aliphatic rings. The summed E-state index contributed by atoms with van der Waals surface area (Å²) in [5, 5.41) is 0. The molecule has 2 heteroatoms. The molecule has 0 nitrogen and oxygen atoms in total. The quantitative estimate of drug-likeness (QED) is 0.567. The second kappa shape index (κ2) is 10.8. The zero-order chi connectivity index (χ0) is 7.82. The molecule has 0 bridgehead atoms. The van der Waals surface area contributed by atoms with Gasteiger partial charge in [0, 0.05) is 0 Å². The average Bonchev–Trinajstić information content (AvgIpc) is 1.90. The fraction of sp³-hybridized carbons (Fsp3) is 1.00. The molecular weight excluding hydrogens is 220 g/mol. The molecule has 0 aromatic carbocycles. The van der Waals surface area contributed by atoms with Crippen LogP contribution in [0.15, 0.2) is 0 Å². The molecule has 0 aliphatic heterocycles. The third-order valence-corrected chi connectivity index (χ3v) is 4.44. The highest BCUT2D eigenvalue weighted by molar-refractivity contribution is 7.96. The number of halogens is 1. The molecule has 0 aromatic rings. The van der Waals surface area contributed by atoms with E-state index in [4.69, 9.17) is 0 Å². The summed E-state index contributed by atoms with van der Waals surface area (Å²) in [5.74, 6) is 4.42. The molecule has 0 heterocycles. The van der Waals surface area contributed by atoms with Gasteiger partial charge >= 0.3 is 0 Å². The maximum atomic E-state index is 2.30. The lowest BCUT2D eigenvalue weighted by molar-refractivity contribution is -0.00000238. The van der Waals surface area contributed by atoms with Gasteiger partial charge in [0.05, 0.1) is 0 Å². The van der Waals surface area contributed by atoms with Gasteiger partial charge in [-0.05, 0) is 30.2 Å². The summed E-state index contributed by atoms with van der Waals surface area (Å²) in [7, 11) is 0.775. The van der Waals surface area contributed by atoms with Crippen LogP contribution in [0.25, 0.3) is 0 Å². The van der Waals surface area contributed by atoms with Gasteiger partial charge in [-0.15, -0.1) is 0 Å². The molecular formula is C9H21BrS. The molecule has 0 spiro atoms. The van der Waals surface area contributed by atoms with Crippen molar-refractivity contribution in [2.24, 2.45) is 0 Å². The fourth-order valence-corrected chi connectivity index (χ4v) is 3.52. The first-order chi connectivity index (χ1) is 4.85. The molecule has 0 rings (SSSR count). The first kappa shape index (κ1) is 14.4. The maximum Gasteiger partial charge on any atom is 0.107 e. The molecule has 0 unspecified atom stereocenters. The zero-order valence-corrected chi connectivity index (χ0v) is 10.4. The molecule has 0 saturated carbocycles. The number of hydrogen-bond acceptors (Lipinski definition) is 0. The Hall–Kier alpha value is 0.830. The molecule has 0 N–H and O–H groups in total. The van der Waals surface area contributed by atoms with Gasteiger partial charge in [-0.1, -0.05) is 20.8 Å². The Kier molecular flexibility index (Phi) is 14.1. The van der Waals surface area contributed by atoms with Crippen LogP contribution in [0.5, 0.6) is 0 Å². The SMILES string of the molecule is CCC[S+](CCC)CCC.[Br-]. The van der Waals surface area contributed by atoms with E-state index in [9.17, 15) is 0 Å².